The number of aromatic nitrogens is 2. The molecule has 0 bridgehead atoms. The van der Waals surface area contributed by atoms with E-state index in [1.807, 2.05) is 16.9 Å². The van der Waals surface area contributed by atoms with Crippen LogP contribution in [0.15, 0.2) is 42.6 Å². The Hall–Kier alpha value is -2.18. The molecule has 150 valence electrons. The van der Waals surface area contributed by atoms with Gasteiger partial charge in [-0.2, -0.15) is 5.10 Å². The van der Waals surface area contributed by atoms with Crippen molar-refractivity contribution in [3.63, 3.8) is 0 Å². The van der Waals surface area contributed by atoms with Crippen LogP contribution in [0, 0.1) is 5.92 Å². The Morgan fingerprint density at radius 1 is 1.29 bits per heavy atom. The van der Waals surface area contributed by atoms with Gasteiger partial charge in [0, 0.05) is 31.9 Å². The van der Waals surface area contributed by atoms with E-state index in [0.717, 1.165) is 52.0 Å². The number of rotatable bonds is 6. The first-order chi connectivity index (χ1) is 13.7. The highest BCUT2D eigenvalue weighted by molar-refractivity contribution is 5.92. The minimum Gasteiger partial charge on any atom is -0.348 e. The molecule has 2 saturated heterocycles. The van der Waals surface area contributed by atoms with Gasteiger partial charge in [0.15, 0.2) is 0 Å². The molecule has 0 aliphatic carbocycles. The van der Waals surface area contributed by atoms with Crippen molar-refractivity contribution in [1.29, 1.82) is 0 Å². The molecule has 6 nitrogen and oxygen atoms in total. The van der Waals surface area contributed by atoms with Crippen LogP contribution in [-0.4, -0.2) is 52.8 Å². The van der Waals surface area contributed by atoms with Gasteiger partial charge in [0.05, 0.1) is 6.04 Å². The van der Waals surface area contributed by atoms with Gasteiger partial charge in [0.2, 0.25) is 0 Å². The minimum atomic E-state index is -0.0588. The molecule has 1 aromatic heterocycles. The van der Waals surface area contributed by atoms with Gasteiger partial charge in [0.1, 0.15) is 5.69 Å². The summed E-state index contributed by atoms with van der Waals surface area (Å²) < 4.78 is 1.95. The van der Waals surface area contributed by atoms with Crippen LogP contribution in [0.5, 0.6) is 0 Å². The number of hydrogen-bond donors (Lipinski definition) is 2. The first kappa shape index (κ1) is 19.2. The lowest BCUT2D eigenvalue weighted by Crippen LogP contribution is -2.39. The van der Waals surface area contributed by atoms with Crippen molar-refractivity contribution in [3.05, 3.63) is 53.9 Å². The lowest BCUT2D eigenvalue weighted by atomic mass is 10.0. The molecule has 2 N–H and O–H groups in total. The van der Waals surface area contributed by atoms with Gasteiger partial charge in [-0.05, 0) is 56.8 Å². The highest BCUT2D eigenvalue weighted by atomic mass is 16.2. The van der Waals surface area contributed by atoms with Crippen molar-refractivity contribution >= 4 is 5.91 Å². The van der Waals surface area contributed by atoms with Crippen LogP contribution in [-0.2, 0) is 6.54 Å². The van der Waals surface area contributed by atoms with Crippen molar-refractivity contribution in [2.75, 3.05) is 26.2 Å². The molecule has 0 radical (unpaired) electrons. The van der Waals surface area contributed by atoms with Gasteiger partial charge in [-0.1, -0.05) is 30.3 Å². The summed E-state index contributed by atoms with van der Waals surface area (Å²) >= 11 is 0. The van der Waals surface area contributed by atoms with Crippen molar-refractivity contribution in [3.8, 4) is 0 Å². The molecule has 3 heterocycles. The lowest BCUT2D eigenvalue weighted by molar-refractivity contribution is 0.0920. The second-order valence-corrected chi connectivity index (χ2v) is 8.21. The summed E-state index contributed by atoms with van der Waals surface area (Å²) in [7, 11) is 0. The number of nitrogens with one attached hydrogen (secondary N) is 2. The molecule has 0 saturated carbocycles. The maximum absolute atomic E-state index is 12.7. The zero-order valence-electron chi connectivity index (χ0n) is 16.7. The average molecular weight is 382 g/mol. The van der Waals surface area contributed by atoms with Crippen LogP contribution in [0.4, 0.5) is 0 Å². The Morgan fingerprint density at radius 3 is 2.93 bits per heavy atom. The molecule has 2 aromatic rings. The summed E-state index contributed by atoms with van der Waals surface area (Å²) in [5, 5.41) is 11.1. The molecule has 3 atom stereocenters. The topological polar surface area (TPSA) is 62.2 Å². The van der Waals surface area contributed by atoms with E-state index >= 15 is 0 Å². The number of piperidine rings is 1. The Balaban J connectivity index is 1.28. The van der Waals surface area contributed by atoms with E-state index in [4.69, 9.17) is 0 Å². The number of likely N-dealkylation sites (tertiary alicyclic amines) is 1. The van der Waals surface area contributed by atoms with Crippen LogP contribution in [0.3, 0.4) is 0 Å². The number of carbonyl (C=O) groups is 1. The molecule has 2 fully saturated rings. The van der Waals surface area contributed by atoms with Gasteiger partial charge in [0.25, 0.3) is 5.91 Å². The predicted octanol–water partition coefficient (Wildman–Crippen LogP) is 2.45. The van der Waals surface area contributed by atoms with Crippen molar-refractivity contribution in [1.82, 2.24) is 25.3 Å². The van der Waals surface area contributed by atoms with E-state index in [2.05, 4.69) is 57.9 Å². The van der Waals surface area contributed by atoms with Crippen molar-refractivity contribution in [2.24, 2.45) is 5.92 Å². The monoisotopic (exact) mass is 381 g/mol. The van der Waals surface area contributed by atoms with E-state index in [0.29, 0.717) is 17.7 Å². The molecule has 6 heteroatoms. The van der Waals surface area contributed by atoms with Crippen LogP contribution in [0.2, 0.25) is 0 Å². The maximum Gasteiger partial charge on any atom is 0.271 e. The maximum atomic E-state index is 12.7. The van der Waals surface area contributed by atoms with E-state index in [-0.39, 0.29) is 11.9 Å². The zero-order valence-corrected chi connectivity index (χ0v) is 16.7. The van der Waals surface area contributed by atoms with E-state index < -0.39 is 0 Å². The van der Waals surface area contributed by atoms with Gasteiger partial charge in [-0.15, -0.1) is 0 Å². The SMILES string of the molecule is CC(NC(=O)c1ccn(C2CCCNC2)n1)C1CCN(Cc2ccccc2)C1. The first-order valence-electron chi connectivity index (χ1n) is 10.5. The summed E-state index contributed by atoms with van der Waals surface area (Å²) in [5.41, 5.74) is 1.87. The molecular weight excluding hydrogens is 350 g/mol. The number of hydrogen-bond acceptors (Lipinski definition) is 4. The number of nitrogens with zero attached hydrogens (tertiary/aromatic N) is 3. The number of carbonyl (C=O) groups excluding carboxylic acids is 1. The van der Waals surface area contributed by atoms with Gasteiger partial charge >= 0.3 is 0 Å². The summed E-state index contributed by atoms with van der Waals surface area (Å²) in [5.74, 6) is 0.425. The molecule has 0 spiro atoms. The molecule has 1 aromatic carbocycles. The Morgan fingerprint density at radius 2 is 2.14 bits per heavy atom. The Bertz CT molecular complexity index is 768. The fourth-order valence-electron chi connectivity index (χ4n) is 4.38. The van der Waals surface area contributed by atoms with Crippen molar-refractivity contribution < 1.29 is 4.79 Å². The summed E-state index contributed by atoms with van der Waals surface area (Å²) in [6.45, 7) is 7.22. The lowest BCUT2D eigenvalue weighted by Gasteiger charge is -2.23. The van der Waals surface area contributed by atoms with E-state index in [9.17, 15) is 4.79 Å². The fourth-order valence-corrected chi connectivity index (χ4v) is 4.38. The normalized spacial score (nSPS) is 24.2. The van der Waals surface area contributed by atoms with Gasteiger partial charge in [-0.25, -0.2) is 0 Å². The quantitative estimate of drug-likeness (QED) is 0.807. The highest BCUT2D eigenvalue weighted by Gasteiger charge is 2.28. The molecule has 1 amide bonds. The minimum absolute atomic E-state index is 0.0588. The first-order valence-corrected chi connectivity index (χ1v) is 10.5. The van der Waals surface area contributed by atoms with Crippen LogP contribution in [0.25, 0.3) is 0 Å². The highest BCUT2D eigenvalue weighted by Crippen LogP contribution is 2.22. The molecule has 3 unspecified atom stereocenters. The third-order valence-electron chi connectivity index (χ3n) is 6.11. The average Bonchev–Trinajstić information content (AvgIpc) is 3.39. The van der Waals surface area contributed by atoms with E-state index in [1.54, 1.807) is 0 Å². The summed E-state index contributed by atoms with van der Waals surface area (Å²) in [4.78, 5) is 15.1. The second-order valence-electron chi connectivity index (χ2n) is 8.21. The third kappa shape index (κ3) is 4.62. The molecular formula is C22H31N5O. The molecule has 2 aliphatic heterocycles. The molecule has 28 heavy (non-hydrogen) atoms. The Labute approximate surface area is 167 Å². The summed E-state index contributed by atoms with van der Waals surface area (Å²) in [6, 6.07) is 12.9. The van der Waals surface area contributed by atoms with Crippen molar-refractivity contribution in [2.45, 2.75) is 44.8 Å². The number of amides is 1. The largest absolute Gasteiger partial charge is 0.348 e. The number of benzene rings is 1. The van der Waals surface area contributed by atoms with Gasteiger partial charge in [-0.3, -0.25) is 14.4 Å². The molecule has 2 aliphatic rings. The zero-order chi connectivity index (χ0) is 19.3. The van der Waals surface area contributed by atoms with E-state index in [1.165, 1.54) is 5.56 Å². The van der Waals surface area contributed by atoms with Crippen LogP contribution in [0.1, 0.15) is 48.3 Å². The predicted molar refractivity (Wildman–Crippen MR) is 110 cm³/mol. The molecule has 4 rings (SSSR count). The fraction of sp³-hybridized carbons (Fsp3) is 0.545. The second kappa shape index (κ2) is 8.88. The smallest absolute Gasteiger partial charge is 0.271 e. The summed E-state index contributed by atoms with van der Waals surface area (Å²) in [6.07, 6.45) is 5.33. The Kier molecular flexibility index (Phi) is 6.07. The third-order valence-corrected chi connectivity index (χ3v) is 6.11. The standard InChI is InChI=1S/C22H31N5O/c1-17(19-9-12-26(16-19)15-18-6-3-2-4-7-18)24-22(28)21-10-13-27(25-21)20-8-5-11-23-14-20/h2-4,6-7,10,13,17,19-20,23H,5,8-9,11-12,14-16H2,1H3,(H,24,28). The van der Waals surface area contributed by atoms with Crippen LogP contribution < -0.4 is 10.6 Å². The van der Waals surface area contributed by atoms with Gasteiger partial charge < -0.3 is 10.6 Å². The van der Waals surface area contributed by atoms with Crippen LogP contribution >= 0.6 is 0 Å².